The molecule has 2 rings (SSSR count). The highest BCUT2D eigenvalue weighted by molar-refractivity contribution is 7.92. The van der Waals surface area contributed by atoms with Crippen LogP contribution in [0.15, 0.2) is 18.2 Å². The second-order valence-corrected chi connectivity index (χ2v) is 7.77. The normalized spacial score (nSPS) is 16.2. The number of anilines is 1. The van der Waals surface area contributed by atoms with Gasteiger partial charge in [0, 0.05) is 45.2 Å². The standard InChI is InChI=1S/C15H21F2N3O3S/c1-18-7-9-19(10-8-18)15(21)5-6-20(24(2,22)23)12-3-4-13(16)14(17)11-12/h3-4,11H,5-10H2,1-2H3. The lowest BCUT2D eigenvalue weighted by Crippen LogP contribution is -2.48. The van der Waals surface area contributed by atoms with Crippen molar-refractivity contribution >= 4 is 21.6 Å². The topological polar surface area (TPSA) is 60.9 Å². The molecule has 1 amide bonds. The Morgan fingerprint density at radius 2 is 1.79 bits per heavy atom. The Morgan fingerprint density at radius 1 is 1.17 bits per heavy atom. The van der Waals surface area contributed by atoms with Crippen LogP contribution in [0.5, 0.6) is 0 Å². The fraction of sp³-hybridized carbons (Fsp3) is 0.533. The van der Waals surface area contributed by atoms with Gasteiger partial charge in [0.15, 0.2) is 11.6 Å². The van der Waals surface area contributed by atoms with Gasteiger partial charge in [0.05, 0.1) is 11.9 Å². The number of hydrogen-bond donors (Lipinski definition) is 0. The van der Waals surface area contributed by atoms with Crippen LogP contribution in [0.2, 0.25) is 0 Å². The lowest BCUT2D eigenvalue weighted by atomic mass is 10.2. The number of piperazine rings is 1. The van der Waals surface area contributed by atoms with Gasteiger partial charge in [-0.2, -0.15) is 0 Å². The largest absolute Gasteiger partial charge is 0.340 e. The lowest BCUT2D eigenvalue weighted by Gasteiger charge is -2.33. The molecule has 0 unspecified atom stereocenters. The summed E-state index contributed by atoms with van der Waals surface area (Å²) in [7, 11) is -1.75. The molecule has 1 aromatic rings. The summed E-state index contributed by atoms with van der Waals surface area (Å²) in [6, 6.07) is 2.86. The Kier molecular flexibility index (Phi) is 5.76. The van der Waals surface area contributed by atoms with E-state index in [4.69, 9.17) is 0 Å². The van der Waals surface area contributed by atoms with Crippen LogP contribution in [0.3, 0.4) is 0 Å². The molecule has 1 fully saturated rings. The van der Waals surface area contributed by atoms with E-state index in [1.807, 2.05) is 7.05 Å². The molecule has 0 spiro atoms. The predicted molar refractivity (Wildman–Crippen MR) is 87.2 cm³/mol. The number of carbonyl (C=O) groups is 1. The van der Waals surface area contributed by atoms with Crippen LogP contribution in [-0.4, -0.2) is 70.2 Å². The first-order valence-electron chi connectivity index (χ1n) is 7.57. The van der Waals surface area contributed by atoms with Crippen molar-refractivity contribution in [2.45, 2.75) is 6.42 Å². The summed E-state index contributed by atoms with van der Waals surface area (Å²) in [4.78, 5) is 16.0. The Balaban J connectivity index is 2.07. The van der Waals surface area contributed by atoms with Crippen LogP contribution in [-0.2, 0) is 14.8 Å². The Labute approximate surface area is 140 Å². The molecular formula is C15H21F2N3O3S. The van der Waals surface area contributed by atoms with Crippen LogP contribution >= 0.6 is 0 Å². The molecule has 1 saturated heterocycles. The van der Waals surface area contributed by atoms with E-state index in [1.165, 1.54) is 6.07 Å². The molecule has 24 heavy (non-hydrogen) atoms. The summed E-state index contributed by atoms with van der Waals surface area (Å²) in [5, 5.41) is 0. The first-order chi connectivity index (χ1) is 11.2. The molecule has 0 aliphatic carbocycles. The van der Waals surface area contributed by atoms with Gasteiger partial charge in [-0.25, -0.2) is 17.2 Å². The molecule has 0 bridgehead atoms. The van der Waals surface area contributed by atoms with Gasteiger partial charge < -0.3 is 9.80 Å². The van der Waals surface area contributed by atoms with Gasteiger partial charge >= 0.3 is 0 Å². The van der Waals surface area contributed by atoms with Crippen molar-refractivity contribution < 1.29 is 22.0 Å². The van der Waals surface area contributed by atoms with E-state index in [1.54, 1.807) is 4.90 Å². The molecule has 0 N–H and O–H groups in total. The number of hydrogen-bond acceptors (Lipinski definition) is 4. The second-order valence-electron chi connectivity index (χ2n) is 5.87. The lowest BCUT2D eigenvalue weighted by molar-refractivity contribution is -0.132. The molecule has 1 aromatic carbocycles. The summed E-state index contributed by atoms with van der Waals surface area (Å²) in [5.41, 5.74) is 0.00239. The third kappa shape index (κ3) is 4.64. The average molecular weight is 361 g/mol. The summed E-state index contributed by atoms with van der Waals surface area (Å²) in [5.74, 6) is -2.34. The molecule has 1 aliphatic rings. The van der Waals surface area contributed by atoms with Crippen LogP contribution in [0.25, 0.3) is 0 Å². The quantitative estimate of drug-likeness (QED) is 0.782. The van der Waals surface area contributed by atoms with Crippen LogP contribution in [0.4, 0.5) is 14.5 Å². The number of rotatable bonds is 5. The van der Waals surface area contributed by atoms with E-state index in [0.29, 0.717) is 13.1 Å². The summed E-state index contributed by atoms with van der Waals surface area (Å²) < 4.78 is 51.2. The van der Waals surface area contributed by atoms with Crippen LogP contribution in [0.1, 0.15) is 6.42 Å². The third-order valence-electron chi connectivity index (χ3n) is 3.98. The van der Waals surface area contributed by atoms with Crippen molar-refractivity contribution in [3.63, 3.8) is 0 Å². The van der Waals surface area contributed by atoms with Gasteiger partial charge in [0.2, 0.25) is 15.9 Å². The van der Waals surface area contributed by atoms with Crippen LogP contribution in [0, 0.1) is 11.6 Å². The molecule has 6 nitrogen and oxygen atoms in total. The highest BCUT2D eigenvalue weighted by atomic mass is 32.2. The van der Waals surface area contributed by atoms with Crippen molar-refractivity contribution in [3.05, 3.63) is 29.8 Å². The molecule has 1 heterocycles. The number of amides is 1. The smallest absolute Gasteiger partial charge is 0.232 e. The van der Waals surface area contributed by atoms with E-state index >= 15 is 0 Å². The number of likely N-dealkylation sites (N-methyl/N-ethyl adjacent to an activating group) is 1. The number of benzene rings is 1. The molecule has 0 atom stereocenters. The molecule has 0 saturated carbocycles. The number of carbonyl (C=O) groups excluding carboxylic acids is 1. The Hall–Kier alpha value is -1.74. The zero-order chi connectivity index (χ0) is 17.9. The molecule has 1 aliphatic heterocycles. The highest BCUT2D eigenvalue weighted by Crippen LogP contribution is 2.21. The monoisotopic (exact) mass is 361 g/mol. The summed E-state index contributed by atoms with van der Waals surface area (Å²) >= 11 is 0. The van der Waals surface area contributed by atoms with E-state index in [0.717, 1.165) is 35.8 Å². The van der Waals surface area contributed by atoms with Crippen molar-refractivity contribution in [2.75, 3.05) is 50.3 Å². The van der Waals surface area contributed by atoms with E-state index in [-0.39, 0.29) is 24.6 Å². The van der Waals surface area contributed by atoms with E-state index < -0.39 is 21.7 Å². The van der Waals surface area contributed by atoms with Crippen molar-refractivity contribution in [1.29, 1.82) is 0 Å². The van der Waals surface area contributed by atoms with E-state index in [9.17, 15) is 22.0 Å². The van der Waals surface area contributed by atoms with E-state index in [2.05, 4.69) is 4.90 Å². The first kappa shape index (κ1) is 18.6. The van der Waals surface area contributed by atoms with Crippen molar-refractivity contribution in [3.8, 4) is 0 Å². The van der Waals surface area contributed by atoms with Gasteiger partial charge in [-0.1, -0.05) is 0 Å². The minimum absolute atomic E-state index is 0.00239. The summed E-state index contributed by atoms with van der Waals surface area (Å²) in [6.07, 6.45) is 0.949. The van der Waals surface area contributed by atoms with Gasteiger partial charge in [-0.15, -0.1) is 0 Å². The summed E-state index contributed by atoms with van der Waals surface area (Å²) in [6.45, 7) is 2.61. The highest BCUT2D eigenvalue weighted by Gasteiger charge is 2.23. The minimum Gasteiger partial charge on any atom is -0.340 e. The maximum Gasteiger partial charge on any atom is 0.232 e. The van der Waals surface area contributed by atoms with Crippen LogP contribution < -0.4 is 4.31 Å². The Bertz CT molecular complexity index is 704. The molecule has 0 aromatic heterocycles. The molecular weight excluding hydrogens is 340 g/mol. The SMILES string of the molecule is CN1CCN(C(=O)CCN(c2ccc(F)c(F)c2)S(C)(=O)=O)CC1. The zero-order valence-electron chi connectivity index (χ0n) is 13.7. The van der Waals surface area contributed by atoms with Gasteiger partial charge in [0.1, 0.15) is 0 Å². The molecule has 0 radical (unpaired) electrons. The number of nitrogens with zero attached hydrogens (tertiary/aromatic N) is 3. The predicted octanol–water partition coefficient (Wildman–Crippen LogP) is 0.895. The first-order valence-corrected chi connectivity index (χ1v) is 9.42. The molecule has 9 heteroatoms. The maximum atomic E-state index is 13.4. The zero-order valence-corrected chi connectivity index (χ0v) is 14.5. The fourth-order valence-electron chi connectivity index (χ4n) is 2.54. The third-order valence-corrected chi connectivity index (χ3v) is 5.17. The van der Waals surface area contributed by atoms with Gasteiger partial charge in [-0.05, 0) is 19.2 Å². The fourth-order valence-corrected chi connectivity index (χ4v) is 3.46. The Morgan fingerprint density at radius 3 is 2.33 bits per heavy atom. The number of sulfonamides is 1. The molecule has 134 valence electrons. The van der Waals surface area contributed by atoms with Gasteiger partial charge in [-0.3, -0.25) is 9.10 Å². The minimum atomic E-state index is -3.72. The maximum absolute atomic E-state index is 13.4. The number of halogens is 2. The van der Waals surface area contributed by atoms with Crippen molar-refractivity contribution in [2.24, 2.45) is 0 Å². The average Bonchev–Trinajstić information content (AvgIpc) is 2.50. The van der Waals surface area contributed by atoms with Crippen molar-refractivity contribution in [1.82, 2.24) is 9.80 Å². The second kappa shape index (κ2) is 7.43. The van der Waals surface area contributed by atoms with Gasteiger partial charge in [0.25, 0.3) is 0 Å².